The van der Waals surface area contributed by atoms with Crippen molar-refractivity contribution in [2.45, 2.75) is 31.6 Å². The molecule has 3 rings (SSSR count). The van der Waals surface area contributed by atoms with Gasteiger partial charge in [-0.05, 0) is 19.3 Å². The van der Waals surface area contributed by atoms with Crippen LogP contribution in [0.2, 0.25) is 0 Å². The van der Waals surface area contributed by atoms with Crippen molar-refractivity contribution in [3.63, 3.8) is 0 Å². The number of carboxylic acids is 1. The van der Waals surface area contributed by atoms with Crippen LogP contribution in [0.1, 0.15) is 25.7 Å². The maximum absolute atomic E-state index is 13.5. The summed E-state index contributed by atoms with van der Waals surface area (Å²) < 4.78 is 32.3. The summed E-state index contributed by atoms with van der Waals surface area (Å²) in [6.45, 7) is 1.09. The number of nitrogens with one attached hydrogen (secondary N) is 1. The molecule has 2 heterocycles. The minimum atomic E-state index is -2.62. The molecule has 3 atom stereocenters. The van der Waals surface area contributed by atoms with Crippen LogP contribution in [-0.2, 0) is 9.53 Å². The number of ether oxygens (including phenoxy) is 1. The van der Waals surface area contributed by atoms with E-state index in [0.717, 1.165) is 0 Å². The van der Waals surface area contributed by atoms with E-state index in [4.69, 9.17) is 4.74 Å². The molecule has 23 heavy (non-hydrogen) atoms. The molecule has 130 valence electrons. The first kappa shape index (κ1) is 16.4. The highest BCUT2D eigenvalue weighted by Gasteiger charge is 2.57. The SMILES string of the molecule is O=C(NCCC1CCCC1(F)F)N1C[C@@H]2COC[C@]2(C(=O)O)C1. The third-order valence-electron chi connectivity index (χ3n) is 5.52. The normalized spacial score (nSPS) is 35.3. The number of fused-ring (bicyclic) bond motifs is 1. The zero-order valence-corrected chi connectivity index (χ0v) is 12.9. The van der Waals surface area contributed by atoms with Crippen molar-refractivity contribution in [2.75, 3.05) is 32.8 Å². The Kier molecular flexibility index (Phi) is 4.20. The van der Waals surface area contributed by atoms with Crippen molar-refractivity contribution in [3.8, 4) is 0 Å². The molecule has 6 nitrogen and oxygen atoms in total. The topological polar surface area (TPSA) is 78.9 Å². The van der Waals surface area contributed by atoms with Gasteiger partial charge in [0, 0.05) is 37.9 Å². The zero-order valence-electron chi connectivity index (χ0n) is 12.9. The van der Waals surface area contributed by atoms with Crippen LogP contribution in [0.3, 0.4) is 0 Å². The molecular weight excluding hydrogens is 310 g/mol. The summed E-state index contributed by atoms with van der Waals surface area (Å²) in [6.07, 6.45) is 1.21. The van der Waals surface area contributed by atoms with Crippen LogP contribution in [0.5, 0.6) is 0 Å². The van der Waals surface area contributed by atoms with Crippen molar-refractivity contribution in [2.24, 2.45) is 17.3 Å². The smallest absolute Gasteiger partial charge is 0.317 e. The average Bonchev–Trinajstić information content (AvgIpc) is 3.11. The Morgan fingerprint density at radius 3 is 2.78 bits per heavy atom. The minimum Gasteiger partial charge on any atom is -0.481 e. The molecule has 1 saturated carbocycles. The van der Waals surface area contributed by atoms with Gasteiger partial charge in [-0.2, -0.15) is 0 Å². The number of hydrogen-bond donors (Lipinski definition) is 2. The third kappa shape index (κ3) is 2.88. The number of aliphatic carboxylic acids is 1. The van der Waals surface area contributed by atoms with E-state index in [1.54, 1.807) is 0 Å². The number of alkyl halides is 2. The highest BCUT2D eigenvalue weighted by atomic mass is 19.3. The van der Waals surface area contributed by atoms with Crippen LogP contribution in [0, 0.1) is 17.3 Å². The lowest BCUT2D eigenvalue weighted by Crippen LogP contribution is -2.43. The Balaban J connectivity index is 1.49. The summed E-state index contributed by atoms with van der Waals surface area (Å²) in [5, 5.41) is 12.1. The molecule has 0 spiro atoms. The summed E-state index contributed by atoms with van der Waals surface area (Å²) in [4.78, 5) is 25.1. The monoisotopic (exact) mass is 332 g/mol. The van der Waals surface area contributed by atoms with Gasteiger partial charge in [0.05, 0.1) is 13.2 Å². The Labute approximate surface area is 133 Å². The highest BCUT2D eigenvalue weighted by molar-refractivity contribution is 5.80. The van der Waals surface area contributed by atoms with Crippen LogP contribution < -0.4 is 5.32 Å². The van der Waals surface area contributed by atoms with Crippen LogP contribution in [-0.4, -0.2) is 60.8 Å². The summed E-state index contributed by atoms with van der Waals surface area (Å²) in [6, 6.07) is -0.374. The van der Waals surface area contributed by atoms with E-state index in [1.165, 1.54) is 4.90 Å². The second kappa shape index (κ2) is 5.89. The lowest BCUT2D eigenvalue weighted by Gasteiger charge is -2.23. The molecule has 3 aliphatic rings. The first-order valence-electron chi connectivity index (χ1n) is 8.07. The molecule has 8 heteroatoms. The first-order valence-corrected chi connectivity index (χ1v) is 8.07. The number of carboxylic acid groups (broad SMARTS) is 1. The number of amides is 2. The molecule has 0 aromatic heterocycles. The van der Waals surface area contributed by atoms with E-state index < -0.39 is 23.2 Å². The average molecular weight is 332 g/mol. The van der Waals surface area contributed by atoms with Gasteiger partial charge < -0.3 is 20.1 Å². The number of rotatable bonds is 4. The van der Waals surface area contributed by atoms with Crippen LogP contribution in [0.4, 0.5) is 13.6 Å². The fourth-order valence-corrected chi connectivity index (χ4v) is 4.01. The summed E-state index contributed by atoms with van der Waals surface area (Å²) in [5.41, 5.74) is -1.02. The van der Waals surface area contributed by atoms with Crippen molar-refractivity contribution in [1.29, 1.82) is 0 Å². The second-order valence-corrected chi connectivity index (χ2v) is 6.92. The molecule has 1 unspecified atom stereocenters. The minimum absolute atomic E-state index is 0.0689. The van der Waals surface area contributed by atoms with Gasteiger partial charge in [0.25, 0.3) is 5.92 Å². The second-order valence-electron chi connectivity index (χ2n) is 6.92. The molecule has 2 aliphatic heterocycles. The van der Waals surface area contributed by atoms with Crippen molar-refractivity contribution < 1.29 is 28.2 Å². The van der Waals surface area contributed by atoms with Crippen molar-refractivity contribution in [3.05, 3.63) is 0 Å². The van der Waals surface area contributed by atoms with Gasteiger partial charge in [0.15, 0.2) is 0 Å². The van der Waals surface area contributed by atoms with Crippen LogP contribution in [0.25, 0.3) is 0 Å². The zero-order chi connectivity index (χ0) is 16.7. The van der Waals surface area contributed by atoms with Gasteiger partial charge in [0.1, 0.15) is 5.41 Å². The van der Waals surface area contributed by atoms with E-state index >= 15 is 0 Å². The Morgan fingerprint density at radius 2 is 2.17 bits per heavy atom. The lowest BCUT2D eigenvalue weighted by atomic mass is 9.81. The number of nitrogens with zero attached hydrogens (tertiary/aromatic N) is 1. The van der Waals surface area contributed by atoms with Crippen molar-refractivity contribution in [1.82, 2.24) is 10.2 Å². The Morgan fingerprint density at radius 1 is 1.39 bits per heavy atom. The lowest BCUT2D eigenvalue weighted by molar-refractivity contribution is -0.149. The fourth-order valence-electron chi connectivity index (χ4n) is 4.01. The number of urea groups is 1. The predicted molar refractivity (Wildman–Crippen MR) is 76.3 cm³/mol. The molecule has 0 bridgehead atoms. The molecule has 0 aromatic carbocycles. The first-order chi connectivity index (χ1) is 10.8. The largest absolute Gasteiger partial charge is 0.481 e. The molecule has 2 N–H and O–H groups in total. The van der Waals surface area contributed by atoms with Crippen molar-refractivity contribution >= 4 is 12.0 Å². The van der Waals surface area contributed by atoms with E-state index in [9.17, 15) is 23.5 Å². The number of carbonyl (C=O) groups excluding carboxylic acids is 1. The van der Waals surface area contributed by atoms with E-state index in [0.29, 0.717) is 26.0 Å². The summed E-state index contributed by atoms with van der Waals surface area (Å²) in [7, 11) is 0. The van der Waals surface area contributed by atoms with Gasteiger partial charge in [-0.15, -0.1) is 0 Å². The van der Waals surface area contributed by atoms with Crippen LogP contribution >= 0.6 is 0 Å². The van der Waals surface area contributed by atoms with Gasteiger partial charge in [-0.3, -0.25) is 4.79 Å². The molecule has 0 radical (unpaired) electrons. The van der Waals surface area contributed by atoms with E-state index in [2.05, 4.69) is 5.32 Å². The number of halogens is 2. The fraction of sp³-hybridized carbons (Fsp3) is 0.867. The summed E-state index contributed by atoms with van der Waals surface area (Å²) >= 11 is 0. The summed E-state index contributed by atoms with van der Waals surface area (Å²) in [5.74, 6) is -4.44. The predicted octanol–water partition coefficient (Wildman–Crippen LogP) is 1.55. The standard InChI is InChI=1S/C15H22F2N2O4/c16-15(17)4-1-2-10(15)3-5-18-13(22)19-6-11-7-23-9-14(11,8-19)12(20)21/h10-11H,1-9H2,(H,18,22)(H,20,21)/t10?,11-,14-/m1/s1. The molecule has 0 aromatic rings. The number of likely N-dealkylation sites (tertiary alicyclic amines) is 1. The van der Waals surface area contributed by atoms with Gasteiger partial charge in [-0.1, -0.05) is 0 Å². The maximum atomic E-state index is 13.5. The molecule has 1 aliphatic carbocycles. The molecule has 2 amide bonds. The highest BCUT2D eigenvalue weighted by Crippen LogP contribution is 2.42. The maximum Gasteiger partial charge on any atom is 0.317 e. The van der Waals surface area contributed by atoms with Crippen LogP contribution in [0.15, 0.2) is 0 Å². The molecule has 2 saturated heterocycles. The number of carbonyl (C=O) groups is 2. The molecule has 3 fully saturated rings. The quantitative estimate of drug-likeness (QED) is 0.819. The number of hydrogen-bond acceptors (Lipinski definition) is 3. The third-order valence-corrected chi connectivity index (χ3v) is 5.52. The van der Waals surface area contributed by atoms with Gasteiger partial charge in [-0.25, -0.2) is 13.6 Å². The Bertz CT molecular complexity index is 502. The molecular formula is C15H22F2N2O4. The van der Waals surface area contributed by atoms with E-state index in [1.807, 2.05) is 0 Å². The van der Waals surface area contributed by atoms with Gasteiger partial charge in [0.2, 0.25) is 0 Å². The van der Waals surface area contributed by atoms with E-state index in [-0.39, 0.29) is 44.5 Å². The van der Waals surface area contributed by atoms with Gasteiger partial charge >= 0.3 is 12.0 Å². The Hall–Kier alpha value is -1.44.